The van der Waals surface area contributed by atoms with Crippen LogP contribution in [0.15, 0.2) is 0 Å². The number of rotatable bonds is 6. The minimum atomic E-state index is -1.74. The normalized spacial score (nSPS) is 34.7. The molecule has 128 valence electrons. The molecule has 1 aliphatic heterocycles. The van der Waals surface area contributed by atoms with Crippen LogP contribution >= 0.6 is 0 Å². The zero-order valence-corrected chi connectivity index (χ0v) is 12.5. The van der Waals surface area contributed by atoms with E-state index in [2.05, 4.69) is 5.32 Å². The van der Waals surface area contributed by atoms with E-state index in [1.807, 2.05) is 0 Å². The van der Waals surface area contributed by atoms with E-state index in [9.17, 15) is 30.0 Å². The molecule has 1 amide bonds. The van der Waals surface area contributed by atoms with Gasteiger partial charge in [0, 0.05) is 13.3 Å². The lowest BCUT2D eigenvalue weighted by Gasteiger charge is -2.46. The number of aliphatic carboxylic acids is 1. The minimum Gasteiger partial charge on any atom is -0.479 e. The van der Waals surface area contributed by atoms with E-state index < -0.39 is 54.5 Å². The van der Waals surface area contributed by atoms with Gasteiger partial charge in [-0.25, -0.2) is 4.79 Å². The zero-order valence-electron chi connectivity index (χ0n) is 12.5. The fourth-order valence-corrected chi connectivity index (χ4v) is 2.60. The molecule has 9 heteroatoms. The van der Waals surface area contributed by atoms with Gasteiger partial charge in [0.15, 0.2) is 5.60 Å². The third kappa shape index (κ3) is 3.73. The van der Waals surface area contributed by atoms with Crippen LogP contribution in [0.4, 0.5) is 0 Å². The van der Waals surface area contributed by atoms with Crippen molar-refractivity contribution in [3.8, 4) is 0 Å². The van der Waals surface area contributed by atoms with Gasteiger partial charge in [-0.1, -0.05) is 6.92 Å². The average Bonchev–Trinajstić information content (AvgIpc) is 2.46. The fourth-order valence-electron chi connectivity index (χ4n) is 2.60. The van der Waals surface area contributed by atoms with E-state index in [0.717, 1.165) is 0 Å². The van der Waals surface area contributed by atoms with Crippen molar-refractivity contribution >= 4 is 11.9 Å². The number of carboxylic acids is 1. The summed E-state index contributed by atoms with van der Waals surface area (Å²) in [6.07, 6.45) is -6.21. The molecule has 0 aliphatic carbocycles. The molecule has 0 bridgehead atoms. The van der Waals surface area contributed by atoms with Crippen molar-refractivity contribution in [3.63, 3.8) is 0 Å². The molecule has 0 radical (unpaired) electrons. The highest BCUT2D eigenvalue weighted by atomic mass is 16.6. The predicted molar refractivity (Wildman–Crippen MR) is 72.9 cm³/mol. The summed E-state index contributed by atoms with van der Waals surface area (Å²) in [5.41, 5.74) is -1.74. The second-order valence-corrected chi connectivity index (χ2v) is 5.47. The van der Waals surface area contributed by atoms with E-state index in [1.54, 1.807) is 6.92 Å². The van der Waals surface area contributed by atoms with Crippen LogP contribution in [0.1, 0.15) is 26.7 Å². The molecular formula is C13H23NO8. The lowest BCUT2D eigenvalue weighted by atomic mass is 9.82. The summed E-state index contributed by atoms with van der Waals surface area (Å²) in [5.74, 6) is -1.83. The predicted octanol–water partition coefficient (Wildman–Crippen LogP) is -2.41. The van der Waals surface area contributed by atoms with E-state index in [-0.39, 0.29) is 12.8 Å². The summed E-state index contributed by atoms with van der Waals surface area (Å²) in [6, 6.07) is -1.10. The lowest BCUT2D eigenvalue weighted by Crippen LogP contribution is -2.67. The molecule has 1 aliphatic rings. The van der Waals surface area contributed by atoms with Crippen molar-refractivity contribution in [1.82, 2.24) is 5.32 Å². The number of hydrogen-bond acceptors (Lipinski definition) is 7. The number of amides is 1. The highest BCUT2D eigenvalue weighted by Gasteiger charge is 2.53. The standard InChI is InChI=1S/C13H23NO8/c1-3-13(12(20)21)4-7(17)9(14-6(2)16)11(22-13)10(19)8(18)5-15/h7-11,15,17-19H,3-5H2,1-2H3,(H,14,16)(H,20,21). The molecule has 0 aromatic heterocycles. The lowest BCUT2D eigenvalue weighted by molar-refractivity contribution is -0.230. The van der Waals surface area contributed by atoms with Gasteiger partial charge in [-0.15, -0.1) is 0 Å². The molecule has 6 N–H and O–H groups in total. The summed E-state index contributed by atoms with van der Waals surface area (Å²) in [6.45, 7) is 1.96. The summed E-state index contributed by atoms with van der Waals surface area (Å²) in [7, 11) is 0. The molecule has 22 heavy (non-hydrogen) atoms. The van der Waals surface area contributed by atoms with E-state index in [0.29, 0.717) is 0 Å². The average molecular weight is 321 g/mol. The van der Waals surface area contributed by atoms with Crippen LogP contribution < -0.4 is 5.32 Å². The Morgan fingerprint density at radius 2 is 2.00 bits per heavy atom. The third-order valence-electron chi connectivity index (χ3n) is 3.92. The van der Waals surface area contributed by atoms with Gasteiger partial charge in [0.05, 0.1) is 18.8 Å². The molecule has 1 heterocycles. The second-order valence-electron chi connectivity index (χ2n) is 5.47. The Labute approximate surface area is 127 Å². The Bertz CT molecular complexity index is 417. The molecule has 6 unspecified atom stereocenters. The molecule has 9 nitrogen and oxygen atoms in total. The van der Waals surface area contributed by atoms with Crippen LogP contribution in [0.5, 0.6) is 0 Å². The third-order valence-corrected chi connectivity index (χ3v) is 3.92. The van der Waals surface area contributed by atoms with Crippen LogP contribution in [-0.2, 0) is 14.3 Å². The van der Waals surface area contributed by atoms with Gasteiger partial charge < -0.3 is 35.6 Å². The first-order chi connectivity index (χ1) is 10.2. The van der Waals surface area contributed by atoms with Crippen LogP contribution in [0.3, 0.4) is 0 Å². The van der Waals surface area contributed by atoms with E-state index in [4.69, 9.17) is 9.84 Å². The van der Waals surface area contributed by atoms with Gasteiger partial charge in [-0.05, 0) is 6.42 Å². The maximum atomic E-state index is 11.5. The number of aliphatic hydroxyl groups is 4. The highest BCUT2D eigenvalue weighted by Crippen LogP contribution is 2.34. The first kappa shape index (κ1) is 18.8. The van der Waals surface area contributed by atoms with Crippen molar-refractivity contribution in [2.24, 2.45) is 0 Å². The molecule has 1 saturated heterocycles. The Kier molecular flexibility index (Phi) is 6.27. The minimum absolute atomic E-state index is 0.0185. The largest absolute Gasteiger partial charge is 0.479 e. The number of aliphatic hydroxyl groups excluding tert-OH is 4. The number of nitrogens with one attached hydrogen (secondary N) is 1. The number of carbonyl (C=O) groups excluding carboxylic acids is 1. The molecule has 6 atom stereocenters. The van der Waals surface area contributed by atoms with Crippen LogP contribution in [0.2, 0.25) is 0 Å². The Hall–Kier alpha value is -1.26. The Balaban J connectivity index is 3.14. The smallest absolute Gasteiger partial charge is 0.336 e. The number of carboxylic acid groups (broad SMARTS) is 1. The van der Waals surface area contributed by atoms with Gasteiger partial charge in [0.1, 0.15) is 18.3 Å². The van der Waals surface area contributed by atoms with Gasteiger partial charge >= 0.3 is 5.97 Å². The van der Waals surface area contributed by atoms with Crippen molar-refractivity contribution in [2.75, 3.05) is 6.61 Å². The molecule has 0 aromatic rings. The van der Waals surface area contributed by atoms with Crippen LogP contribution in [0, 0.1) is 0 Å². The van der Waals surface area contributed by atoms with Gasteiger partial charge in [-0.3, -0.25) is 4.79 Å². The molecule has 0 aromatic carbocycles. The molecule has 0 spiro atoms. The first-order valence-corrected chi connectivity index (χ1v) is 7.02. The number of carbonyl (C=O) groups is 2. The van der Waals surface area contributed by atoms with Gasteiger partial charge in [0.25, 0.3) is 0 Å². The maximum Gasteiger partial charge on any atom is 0.336 e. The SMILES string of the molecule is CCC1(C(=O)O)CC(O)C(NC(C)=O)C(C(O)C(O)CO)O1. The van der Waals surface area contributed by atoms with E-state index >= 15 is 0 Å². The zero-order chi connectivity index (χ0) is 17.1. The molecular weight excluding hydrogens is 298 g/mol. The summed E-state index contributed by atoms with van der Waals surface area (Å²) < 4.78 is 5.46. The van der Waals surface area contributed by atoms with Crippen molar-refractivity contribution < 1.29 is 39.9 Å². The monoisotopic (exact) mass is 321 g/mol. The molecule has 1 fully saturated rings. The van der Waals surface area contributed by atoms with Crippen LogP contribution in [-0.4, -0.2) is 80.1 Å². The summed E-state index contributed by atoms with van der Waals surface area (Å²) in [4.78, 5) is 22.7. The maximum absolute atomic E-state index is 11.5. The summed E-state index contributed by atoms with van der Waals surface area (Å²) in [5, 5.41) is 50.5. The summed E-state index contributed by atoms with van der Waals surface area (Å²) >= 11 is 0. The van der Waals surface area contributed by atoms with Crippen LogP contribution in [0.25, 0.3) is 0 Å². The number of ether oxygens (including phenoxy) is 1. The Morgan fingerprint density at radius 3 is 2.41 bits per heavy atom. The van der Waals surface area contributed by atoms with Gasteiger partial charge in [0.2, 0.25) is 5.91 Å². The number of hydrogen-bond donors (Lipinski definition) is 6. The van der Waals surface area contributed by atoms with Crippen molar-refractivity contribution in [2.45, 2.75) is 62.7 Å². The van der Waals surface area contributed by atoms with Crippen molar-refractivity contribution in [3.05, 3.63) is 0 Å². The van der Waals surface area contributed by atoms with E-state index in [1.165, 1.54) is 6.92 Å². The Morgan fingerprint density at radius 1 is 1.41 bits per heavy atom. The van der Waals surface area contributed by atoms with Crippen molar-refractivity contribution in [1.29, 1.82) is 0 Å². The highest BCUT2D eigenvalue weighted by molar-refractivity contribution is 5.78. The second kappa shape index (κ2) is 7.34. The molecule has 0 saturated carbocycles. The molecule has 1 rings (SSSR count). The van der Waals surface area contributed by atoms with Gasteiger partial charge in [-0.2, -0.15) is 0 Å². The quantitative estimate of drug-likeness (QED) is 0.316. The fraction of sp³-hybridized carbons (Fsp3) is 0.846. The first-order valence-electron chi connectivity index (χ1n) is 7.02. The topological polar surface area (TPSA) is 157 Å².